The van der Waals surface area contributed by atoms with Crippen LogP contribution in [0.25, 0.3) is 21.9 Å². The Morgan fingerprint density at radius 1 is 1.00 bits per heavy atom. The number of benzene rings is 3. The summed E-state index contributed by atoms with van der Waals surface area (Å²) >= 11 is 7.49. The lowest BCUT2D eigenvalue weighted by molar-refractivity contribution is -0.136. The first kappa shape index (κ1) is 20.1. The Morgan fingerprint density at radius 3 is 2.57 bits per heavy atom. The predicted molar refractivity (Wildman–Crippen MR) is 122 cm³/mol. The van der Waals surface area contributed by atoms with Crippen molar-refractivity contribution >= 4 is 50.8 Å². The highest BCUT2D eigenvalue weighted by Gasteiger charge is 2.11. The van der Waals surface area contributed by atoms with Gasteiger partial charge in [0.2, 0.25) is 0 Å². The van der Waals surface area contributed by atoms with Gasteiger partial charge in [0.15, 0.2) is 0 Å². The first-order valence-corrected chi connectivity index (χ1v) is 10.6. The van der Waals surface area contributed by atoms with Crippen LogP contribution in [0.1, 0.15) is 23.4 Å². The molecule has 4 rings (SSSR count). The smallest absolute Gasteiger partial charge is 0.303 e. The Balaban J connectivity index is 1.65. The minimum Gasteiger partial charge on any atom is -0.481 e. The van der Waals surface area contributed by atoms with Crippen LogP contribution in [0.4, 0.5) is 0 Å². The number of allylic oxidation sites excluding steroid dienone is 1. The number of carboxylic acids is 1. The molecule has 0 saturated heterocycles. The number of hydrogen-bond donors (Lipinski definition) is 1. The molecular formula is C24H18ClNO3S. The molecule has 0 saturated carbocycles. The summed E-state index contributed by atoms with van der Waals surface area (Å²) < 4.78 is 6.99. The summed E-state index contributed by atoms with van der Waals surface area (Å²) in [6.45, 7) is 0. The monoisotopic (exact) mass is 435 g/mol. The molecule has 1 N–H and O–H groups in total. The highest BCUT2D eigenvalue weighted by Crippen LogP contribution is 2.32. The van der Waals surface area contributed by atoms with Crippen molar-refractivity contribution in [3.05, 3.63) is 88.4 Å². The summed E-state index contributed by atoms with van der Waals surface area (Å²) in [7, 11) is 0. The number of nitrogens with zero attached hydrogens (tertiary/aromatic N) is 1. The second-order valence-electron chi connectivity index (χ2n) is 6.68. The summed E-state index contributed by atoms with van der Waals surface area (Å²) in [5, 5.41) is 10.7. The molecule has 4 nitrogen and oxygen atoms in total. The molecule has 1 heterocycles. The van der Waals surface area contributed by atoms with Crippen LogP contribution in [0.5, 0.6) is 11.5 Å². The number of halogens is 1. The molecule has 0 aliphatic rings. The average Bonchev–Trinajstić information content (AvgIpc) is 3.17. The van der Waals surface area contributed by atoms with Gasteiger partial charge in [0.1, 0.15) is 16.5 Å². The molecular weight excluding hydrogens is 418 g/mol. The van der Waals surface area contributed by atoms with Crippen molar-refractivity contribution in [3.63, 3.8) is 0 Å². The zero-order valence-electron chi connectivity index (χ0n) is 15.9. The molecule has 4 aromatic rings. The molecule has 1 aromatic heterocycles. The number of para-hydroxylation sites is 1. The maximum atomic E-state index is 11.2. The van der Waals surface area contributed by atoms with Crippen LogP contribution in [0, 0.1) is 0 Å². The van der Waals surface area contributed by atoms with E-state index in [0.717, 1.165) is 26.4 Å². The molecule has 0 radical (unpaired) electrons. The van der Waals surface area contributed by atoms with Crippen LogP contribution in [0.2, 0.25) is 5.02 Å². The summed E-state index contributed by atoms with van der Waals surface area (Å²) in [5.74, 6) is 0.549. The Kier molecular flexibility index (Phi) is 6.12. The third-order valence-corrected chi connectivity index (χ3v) is 5.79. The molecule has 0 aliphatic carbocycles. The number of aliphatic carboxylic acids is 1. The molecule has 0 unspecified atom stereocenters. The molecule has 0 bridgehead atoms. The fourth-order valence-electron chi connectivity index (χ4n) is 3.00. The maximum Gasteiger partial charge on any atom is 0.303 e. The minimum absolute atomic E-state index is 0.0444. The van der Waals surface area contributed by atoms with Crippen LogP contribution in [0.3, 0.4) is 0 Å². The van der Waals surface area contributed by atoms with Crippen molar-refractivity contribution in [2.45, 2.75) is 12.8 Å². The van der Waals surface area contributed by atoms with E-state index < -0.39 is 5.97 Å². The van der Waals surface area contributed by atoms with Crippen molar-refractivity contribution in [2.75, 3.05) is 0 Å². The summed E-state index contributed by atoms with van der Waals surface area (Å²) in [5.41, 5.74) is 2.72. The number of hydrogen-bond acceptors (Lipinski definition) is 4. The Hall–Kier alpha value is -3.15. The molecule has 0 amide bonds. The highest BCUT2D eigenvalue weighted by atomic mass is 35.5. The van der Waals surface area contributed by atoms with Gasteiger partial charge in [-0.05, 0) is 72.2 Å². The van der Waals surface area contributed by atoms with Gasteiger partial charge in [-0.1, -0.05) is 35.9 Å². The number of fused-ring (bicyclic) bond motifs is 1. The van der Waals surface area contributed by atoms with Crippen LogP contribution in [0.15, 0.2) is 72.8 Å². The molecule has 0 fully saturated rings. The number of rotatable bonds is 7. The van der Waals surface area contributed by atoms with Gasteiger partial charge >= 0.3 is 5.97 Å². The first-order valence-electron chi connectivity index (χ1n) is 9.38. The van der Waals surface area contributed by atoms with E-state index in [2.05, 4.69) is 0 Å². The summed E-state index contributed by atoms with van der Waals surface area (Å²) in [6, 6.07) is 22.7. The van der Waals surface area contributed by atoms with E-state index in [-0.39, 0.29) is 6.42 Å². The van der Waals surface area contributed by atoms with E-state index in [1.807, 2.05) is 66.7 Å². The number of aromatic nitrogens is 1. The third-order valence-electron chi connectivity index (χ3n) is 4.43. The highest BCUT2D eigenvalue weighted by molar-refractivity contribution is 7.19. The van der Waals surface area contributed by atoms with Gasteiger partial charge in [-0.15, -0.1) is 11.3 Å². The van der Waals surface area contributed by atoms with Crippen molar-refractivity contribution in [1.82, 2.24) is 4.98 Å². The first-order chi connectivity index (χ1) is 14.6. The molecule has 0 atom stereocenters. The lowest BCUT2D eigenvalue weighted by Gasteiger charge is -2.08. The van der Waals surface area contributed by atoms with Gasteiger partial charge in [-0.25, -0.2) is 4.98 Å². The fraction of sp³-hybridized carbons (Fsp3) is 0.0833. The lowest BCUT2D eigenvalue weighted by atomic mass is 10.1. The van der Waals surface area contributed by atoms with Gasteiger partial charge in [0, 0.05) is 11.4 Å². The van der Waals surface area contributed by atoms with E-state index >= 15 is 0 Å². The van der Waals surface area contributed by atoms with E-state index in [9.17, 15) is 4.79 Å². The SMILES string of the molecule is O=C(O)CC/C(=C\c1cccc(Oc2ccc(Cl)cc2)c1)c1nc2ccccc2s1. The average molecular weight is 436 g/mol. The summed E-state index contributed by atoms with van der Waals surface area (Å²) in [4.78, 5) is 15.9. The quantitative estimate of drug-likeness (QED) is 0.335. The molecule has 0 aliphatic heterocycles. The Labute approximate surface area is 183 Å². The van der Waals surface area contributed by atoms with Crippen molar-refractivity contribution in [3.8, 4) is 11.5 Å². The predicted octanol–water partition coefficient (Wildman–Crippen LogP) is 7.15. The Morgan fingerprint density at radius 2 is 1.80 bits per heavy atom. The largest absolute Gasteiger partial charge is 0.481 e. The number of ether oxygens (including phenoxy) is 1. The number of thiazole rings is 1. The van der Waals surface area contributed by atoms with Crippen LogP contribution in [-0.4, -0.2) is 16.1 Å². The van der Waals surface area contributed by atoms with E-state index in [4.69, 9.17) is 26.4 Å². The molecule has 6 heteroatoms. The number of carbonyl (C=O) groups is 1. The van der Waals surface area contributed by atoms with Gasteiger partial charge in [0.05, 0.1) is 10.2 Å². The van der Waals surface area contributed by atoms with Crippen molar-refractivity contribution in [2.24, 2.45) is 0 Å². The van der Waals surface area contributed by atoms with Crippen molar-refractivity contribution < 1.29 is 14.6 Å². The van der Waals surface area contributed by atoms with Crippen molar-refractivity contribution in [1.29, 1.82) is 0 Å². The van der Waals surface area contributed by atoms with E-state index in [1.54, 1.807) is 23.5 Å². The van der Waals surface area contributed by atoms with E-state index in [1.165, 1.54) is 0 Å². The number of carboxylic acid groups (broad SMARTS) is 1. The van der Waals surface area contributed by atoms with Crippen LogP contribution < -0.4 is 4.74 Å². The van der Waals surface area contributed by atoms with Gasteiger partial charge < -0.3 is 9.84 Å². The standard InChI is InChI=1S/C24H18ClNO3S/c25-18-9-11-19(12-10-18)29-20-5-3-4-16(15-20)14-17(8-13-23(27)28)24-26-21-6-1-2-7-22(21)30-24/h1-7,9-12,14-15H,8,13H2,(H,27,28)/b17-14+. The van der Waals surface area contributed by atoms with Gasteiger partial charge in [-0.2, -0.15) is 0 Å². The second-order valence-corrected chi connectivity index (χ2v) is 8.15. The van der Waals surface area contributed by atoms with Crippen LogP contribution in [-0.2, 0) is 4.79 Å². The Bertz CT molecular complexity index is 1180. The second kappa shape index (κ2) is 9.11. The lowest BCUT2D eigenvalue weighted by Crippen LogP contribution is -1.95. The maximum absolute atomic E-state index is 11.2. The van der Waals surface area contributed by atoms with Gasteiger partial charge in [-0.3, -0.25) is 4.79 Å². The zero-order valence-corrected chi connectivity index (χ0v) is 17.5. The molecule has 3 aromatic carbocycles. The normalized spacial score (nSPS) is 11.6. The minimum atomic E-state index is -0.832. The summed E-state index contributed by atoms with van der Waals surface area (Å²) in [6.07, 6.45) is 2.43. The van der Waals surface area contributed by atoms with Crippen LogP contribution >= 0.6 is 22.9 Å². The third kappa shape index (κ3) is 5.06. The topological polar surface area (TPSA) is 59.4 Å². The zero-order chi connectivity index (χ0) is 20.9. The molecule has 0 spiro atoms. The fourth-order valence-corrected chi connectivity index (χ4v) is 4.13. The van der Waals surface area contributed by atoms with E-state index in [0.29, 0.717) is 22.9 Å². The van der Waals surface area contributed by atoms with Gasteiger partial charge in [0.25, 0.3) is 0 Å². The molecule has 150 valence electrons. The molecule has 30 heavy (non-hydrogen) atoms.